The molecule has 1 aromatic carbocycles. The van der Waals surface area contributed by atoms with Crippen LogP contribution in [0.2, 0.25) is 5.02 Å². The standard InChI is InChI=1S/C15H21ClN2O/c1-11(13-7-3-4-8-14(13)16)17-12(2)15(19)18-9-5-6-10-18/h3-4,7-8,11-12,17H,5-6,9-10H2,1-2H3. The molecular formula is C15H21ClN2O. The maximum Gasteiger partial charge on any atom is 0.239 e. The molecule has 1 N–H and O–H groups in total. The minimum absolute atomic E-state index is 0.0650. The monoisotopic (exact) mass is 280 g/mol. The Labute approximate surface area is 119 Å². The van der Waals surface area contributed by atoms with Gasteiger partial charge >= 0.3 is 0 Å². The number of rotatable bonds is 4. The van der Waals surface area contributed by atoms with E-state index in [0.717, 1.165) is 36.5 Å². The number of nitrogens with zero attached hydrogens (tertiary/aromatic N) is 1. The lowest BCUT2D eigenvalue weighted by atomic mass is 10.1. The van der Waals surface area contributed by atoms with Crippen LogP contribution in [0.1, 0.15) is 38.3 Å². The molecular weight excluding hydrogens is 260 g/mol. The summed E-state index contributed by atoms with van der Waals surface area (Å²) in [4.78, 5) is 14.2. The molecule has 1 saturated heterocycles. The van der Waals surface area contributed by atoms with Crippen LogP contribution in [0, 0.1) is 0 Å². The molecule has 0 saturated carbocycles. The maximum absolute atomic E-state index is 12.2. The molecule has 1 aliphatic rings. The van der Waals surface area contributed by atoms with Crippen molar-refractivity contribution in [2.45, 2.75) is 38.8 Å². The van der Waals surface area contributed by atoms with Gasteiger partial charge in [-0.15, -0.1) is 0 Å². The molecule has 2 rings (SSSR count). The third-order valence-corrected chi connectivity index (χ3v) is 4.00. The fraction of sp³-hybridized carbons (Fsp3) is 0.533. The molecule has 1 fully saturated rings. The summed E-state index contributed by atoms with van der Waals surface area (Å²) < 4.78 is 0. The van der Waals surface area contributed by atoms with Crippen LogP contribution in [0.3, 0.4) is 0 Å². The number of carbonyl (C=O) groups excluding carboxylic acids is 1. The van der Waals surface area contributed by atoms with Crippen molar-refractivity contribution in [2.75, 3.05) is 13.1 Å². The molecule has 0 bridgehead atoms. The second-order valence-corrected chi connectivity index (χ2v) is 5.57. The van der Waals surface area contributed by atoms with Crippen LogP contribution in [0.25, 0.3) is 0 Å². The molecule has 0 aliphatic carbocycles. The highest BCUT2D eigenvalue weighted by Crippen LogP contribution is 2.22. The van der Waals surface area contributed by atoms with Gasteiger partial charge in [0.05, 0.1) is 6.04 Å². The zero-order valence-electron chi connectivity index (χ0n) is 11.5. The summed E-state index contributed by atoms with van der Waals surface area (Å²) in [6, 6.07) is 7.64. The Balaban J connectivity index is 1.96. The zero-order chi connectivity index (χ0) is 13.8. The first kappa shape index (κ1) is 14.4. The van der Waals surface area contributed by atoms with E-state index >= 15 is 0 Å². The lowest BCUT2D eigenvalue weighted by molar-refractivity contribution is -0.132. The summed E-state index contributed by atoms with van der Waals surface area (Å²) in [7, 11) is 0. The molecule has 0 radical (unpaired) electrons. The van der Waals surface area contributed by atoms with Gasteiger partial charge in [0.25, 0.3) is 0 Å². The van der Waals surface area contributed by atoms with Gasteiger partial charge < -0.3 is 4.90 Å². The first-order chi connectivity index (χ1) is 9.09. The first-order valence-corrected chi connectivity index (χ1v) is 7.26. The second kappa shape index (κ2) is 6.40. The number of benzene rings is 1. The summed E-state index contributed by atoms with van der Waals surface area (Å²) in [6.45, 7) is 5.75. The Kier molecular flexibility index (Phi) is 4.83. The smallest absolute Gasteiger partial charge is 0.239 e. The Hall–Kier alpha value is -1.06. The van der Waals surface area contributed by atoms with Crippen molar-refractivity contribution in [3.05, 3.63) is 34.9 Å². The molecule has 2 unspecified atom stereocenters. The van der Waals surface area contributed by atoms with Crippen LogP contribution in [-0.2, 0) is 4.79 Å². The highest BCUT2D eigenvalue weighted by atomic mass is 35.5. The number of hydrogen-bond donors (Lipinski definition) is 1. The van der Waals surface area contributed by atoms with E-state index in [1.54, 1.807) is 0 Å². The minimum Gasteiger partial charge on any atom is -0.341 e. The van der Waals surface area contributed by atoms with Gasteiger partial charge in [-0.3, -0.25) is 10.1 Å². The van der Waals surface area contributed by atoms with Gasteiger partial charge in [0.2, 0.25) is 5.91 Å². The van der Waals surface area contributed by atoms with Crippen molar-refractivity contribution in [1.82, 2.24) is 10.2 Å². The highest BCUT2D eigenvalue weighted by molar-refractivity contribution is 6.31. The summed E-state index contributed by atoms with van der Waals surface area (Å²) in [5.74, 6) is 0.191. The average molecular weight is 281 g/mol. The number of amides is 1. The first-order valence-electron chi connectivity index (χ1n) is 6.89. The van der Waals surface area contributed by atoms with Gasteiger partial charge in [0.15, 0.2) is 0 Å². The molecule has 3 nitrogen and oxygen atoms in total. The third kappa shape index (κ3) is 3.48. The fourth-order valence-electron chi connectivity index (χ4n) is 2.57. The van der Waals surface area contributed by atoms with Crippen LogP contribution >= 0.6 is 11.6 Å². The highest BCUT2D eigenvalue weighted by Gasteiger charge is 2.24. The summed E-state index contributed by atoms with van der Waals surface area (Å²) >= 11 is 6.17. The van der Waals surface area contributed by atoms with Crippen molar-refractivity contribution in [1.29, 1.82) is 0 Å². The van der Waals surface area contributed by atoms with Crippen LogP contribution < -0.4 is 5.32 Å². The van der Waals surface area contributed by atoms with Gasteiger partial charge in [-0.05, 0) is 38.3 Å². The van der Waals surface area contributed by atoms with E-state index < -0.39 is 0 Å². The van der Waals surface area contributed by atoms with E-state index in [0.29, 0.717) is 0 Å². The summed E-state index contributed by atoms with van der Waals surface area (Å²) in [5.41, 5.74) is 1.03. The minimum atomic E-state index is -0.177. The Bertz CT molecular complexity index is 444. The average Bonchev–Trinajstić information content (AvgIpc) is 2.92. The molecule has 19 heavy (non-hydrogen) atoms. The van der Waals surface area contributed by atoms with Gasteiger partial charge in [-0.1, -0.05) is 29.8 Å². The van der Waals surface area contributed by atoms with Crippen molar-refractivity contribution in [2.24, 2.45) is 0 Å². The quantitative estimate of drug-likeness (QED) is 0.920. The molecule has 0 spiro atoms. The Morgan fingerprint density at radius 2 is 1.89 bits per heavy atom. The van der Waals surface area contributed by atoms with Crippen molar-refractivity contribution < 1.29 is 4.79 Å². The van der Waals surface area contributed by atoms with Crippen LogP contribution in [0.5, 0.6) is 0 Å². The number of likely N-dealkylation sites (tertiary alicyclic amines) is 1. The Morgan fingerprint density at radius 3 is 2.53 bits per heavy atom. The van der Waals surface area contributed by atoms with E-state index in [-0.39, 0.29) is 18.0 Å². The van der Waals surface area contributed by atoms with Crippen molar-refractivity contribution in [3.63, 3.8) is 0 Å². The van der Waals surface area contributed by atoms with Gasteiger partial charge in [0, 0.05) is 24.2 Å². The van der Waals surface area contributed by atoms with E-state index in [2.05, 4.69) is 5.32 Å². The van der Waals surface area contributed by atoms with Gasteiger partial charge in [0.1, 0.15) is 0 Å². The van der Waals surface area contributed by atoms with Crippen molar-refractivity contribution >= 4 is 17.5 Å². The predicted molar refractivity (Wildman–Crippen MR) is 78.3 cm³/mol. The lowest BCUT2D eigenvalue weighted by Crippen LogP contribution is -2.44. The van der Waals surface area contributed by atoms with Crippen LogP contribution in [0.4, 0.5) is 0 Å². The molecule has 2 atom stereocenters. The van der Waals surface area contributed by atoms with E-state index in [4.69, 9.17) is 11.6 Å². The normalized spacial score (nSPS) is 18.4. The fourth-order valence-corrected chi connectivity index (χ4v) is 2.87. The molecule has 4 heteroatoms. The number of hydrogen-bond acceptors (Lipinski definition) is 2. The molecule has 1 amide bonds. The van der Waals surface area contributed by atoms with Crippen LogP contribution in [-0.4, -0.2) is 29.9 Å². The SMILES string of the molecule is CC(NC(C)c1ccccc1Cl)C(=O)N1CCCC1. The predicted octanol–water partition coefficient (Wildman–Crippen LogP) is 3.00. The molecule has 1 aliphatic heterocycles. The van der Waals surface area contributed by atoms with E-state index in [9.17, 15) is 4.79 Å². The molecule has 104 valence electrons. The van der Waals surface area contributed by atoms with E-state index in [1.165, 1.54) is 0 Å². The van der Waals surface area contributed by atoms with Crippen LogP contribution in [0.15, 0.2) is 24.3 Å². The summed E-state index contributed by atoms with van der Waals surface area (Å²) in [6.07, 6.45) is 2.25. The summed E-state index contributed by atoms with van der Waals surface area (Å²) in [5, 5.41) is 4.08. The second-order valence-electron chi connectivity index (χ2n) is 5.16. The van der Waals surface area contributed by atoms with Gasteiger partial charge in [-0.25, -0.2) is 0 Å². The lowest BCUT2D eigenvalue weighted by Gasteiger charge is -2.24. The van der Waals surface area contributed by atoms with Gasteiger partial charge in [-0.2, -0.15) is 0 Å². The third-order valence-electron chi connectivity index (χ3n) is 3.66. The molecule has 1 aromatic rings. The largest absolute Gasteiger partial charge is 0.341 e. The molecule has 1 heterocycles. The Morgan fingerprint density at radius 1 is 1.26 bits per heavy atom. The van der Waals surface area contributed by atoms with E-state index in [1.807, 2.05) is 43.0 Å². The van der Waals surface area contributed by atoms with Crippen molar-refractivity contribution in [3.8, 4) is 0 Å². The maximum atomic E-state index is 12.2. The topological polar surface area (TPSA) is 32.3 Å². The number of nitrogens with one attached hydrogen (secondary N) is 1. The number of halogens is 1. The number of carbonyl (C=O) groups is 1. The zero-order valence-corrected chi connectivity index (χ0v) is 12.3. The molecule has 0 aromatic heterocycles.